The Bertz CT molecular complexity index is 1130. The van der Waals surface area contributed by atoms with E-state index in [9.17, 15) is 4.79 Å². The van der Waals surface area contributed by atoms with E-state index in [-0.39, 0.29) is 5.56 Å². The van der Waals surface area contributed by atoms with Crippen LogP contribution in [0.5, 0.6) is 0 Å². The van der Waals surface area contributed by atoms with Gasteiger partial charge in [0.1, 0.15) is 0 Å². The van der Waals surface area contributed by atoms with Gasteiger partial charge in [0.25, 0.3) is 5.56 Å². The van der Waals surface area contributed by atoms with Crippen LogP contribution in [-0.4, -0.2) is 10.2 Å². The lowest BCUT2D eigenvalue weighted by Gasteiger charge is -2.10. The molecule has 23 heavy (non-hydrogen) atoms. The summed E-state index contributed by atoms with van der Waals surface area (Å²) in [7, 11) is 0. The first kappa shape index (κ1) is 12.6. The Labute approximate surface area is 132 Å². The average molecular weight is 298 g/mol. The van der Waals surface area contributed by atoms with Crippen molar-refractivity contribution >= 4 is 21.5 Å². The van der Waals surface area contributed by atoms with Gasteiger partial charge in [-0.25, -0.2) is 5.10 Å². The third-order valence-corrected chi connectivity index (χ3v) is 4.83. The van der Waals surface area contributed by atoms with E-state index >= 15 is 0 Å². The second-order valence-electron chi connectivity index (χ2n) is 6.06. The van der Waals surface area contributed by atoms with Gasteiger partial charge in [-0.05, 0) is 40.8 Å². The summed E-state index contributed by atoms with van der Waals surface area (Å²) in [5.41, 5.74) is 4.60. The van der Waals surface area contributed by atoms with Gasteiger partial charge >= 0.3 is 0 Å². The Kier molecular flexibility index (Phi) is 2.48. The molecule has 0 unspecified atom stereocenters. The molecule has 0 bridgehead atoms. The fraction of sp³-hybridized carbons (Fsp3) is 0.100. The van der Waals surface area contributed by atoms with Crippen molar-refractivity contribution in [1.82, 2.24) is 10.2 Å². The van der Waals surface area contributed by atoms with Gasteiger partial charge in [0.2, 0.25) is 0 Å². The molecule has 3 nitrogen and oxygen atoms in total. The zero-order chi connectivity index (χ0) is 15.4. The van der Waals surface area contributed by atoms with E-state index < -0.39 is 0 Å². The average Bonchev–Trinajstić information content (AvgIpc) is 3.02. The molecule has 4 aromatic rings. The van der Waals surface area contributed by atoms with Gasteiger partial charge in [0.15, 0.2) is 0 Å². The number of benzene rings is 3. The fourth-order valence-corrected chi connectivity index (χ4v) is 3.77. The summed E-state index contributed by atoms with van der Waals surface area (Å²) in [6.07, 6.45) is 2.21. The van der Waals surface area contributed by atoms with Gasteiger partial charge in [0, 0.05) is 10.9 Å². The SMILES string of the molecule is O=c1[nH]nc(-c2ccc3c4c(cccc24)CC3)c2ccccc12. The maximum atomic E-state index is 12.0. The summed E-state index contributed by atoms with van der Waals surface area (Å²) in [5.74, 6) is 0. The summed E-state index contributed by atoms with van der Waals surface area (Å²) in [4.78, 5) is 12.0. The van der Waals surface area contributed by atoms with Crippen molar-refractivity contribution < 1.29 is 0 Å². The molecule has 1 aliphatic rings. The van der Waals surface area contributed by atoms with Crippen LogP contribution in [0.15, 0.2) is 59.4 Å². The molecule has 1 N–H and O–H groups in total. The van der Waals surface area contributed by atoms with E-state index in [1.807, 2.05) is 24.3 Å². The lowest BCUT2D eigenvalue weighted by Crippen LogP contribution is -2.09. The van der Waals surface area contributed by atoms with Crippen molar-refractivity contribution in [2.24, 2.45) is 0 Å². The minimum atomic E-state index is -0.143. The maximum absolute atomic E-state index is 12.0. The molecular formula is C20H14N2O. The van der Waals surface area contributed by atoms with Crippen LogP contribution in [0.3, 0.4) is 0 Å². The summed E-state index contributed by atoms with van der Waals surface area (Å²) in [5, 5.41) is 11.2. The van der Waals surface area contributed by atoms with E-state index in [0.717, 1.165) is 29.5 Å². The van der Waals surface area contributed by atoms with Crippen molar-refractivity contribution in [2.75, 3.05) is 0 Å². The van der Waals surface area contributed by atoms with E-state index in [0.29, 0.717) is 5.39 Å². The highest BCUT2D eigenvalue weighted by Crippen LogP contribution is 2.37. The molecule has 3 heteroatoms. The number of aromatic nitrogens is 2. The summed E-state index contributed by atoms with van der Waals surface area (Å²) < 4.78 is 0. The van der Waals surface area contributed by atoms with Crippen molar-refractivity contribution in [3.05, 3.63) is 76.1 Å². The molecule has 0 radical (unpaired) electrons. The number of hydrogen-bond acceptors (Lipinski definition) is 2. The normalized spacial score (nSPS) is 13.0. The van der Waals surface area contributed by atoms with Crippen LogP contribution in [0.25, 0.3) is 32.8 Å². The Morgan fingerprint density at radius 1 is 0.783 bits per heavy atom. The van der Waals surface area contributed by atoms with E-state index in [4.69, 9.17) is 0 Å². The van der Waals surface area contributed by atoms with E-state index in [2.05, 4.69) is 40.5 Å². The number of H-pyrrole nitrogens is 1. The third kappa shape index (κ3) is 1.70. The highest BCUT2D eigenvalue weighted by Gasteiger charge is 2.18. The first-order valence-electron chi connectivity index (χ1n) is 7.84. The van der Waals surface area contributed by atoms with E-state index in [1.54, 1.807) is 0 Å². The first-order valence-corrected chi connectivity index (χ1v) is 7.84. The molecule has 0 saturated carbocycles. The van der Waals surface area contributed by atoms with Gasteiger partial charge < -0.3 is 0 Å². The summed E-state index contributed by atoms with van der Waals surface area (Å²) >= 11 is 0. The van der Waals surface area contributed by atoms with Crippen LogP contribution >= 0.6 is 0 Å². The van der Waals surface area contributed by atoms with Crippen LogP contribution in [0, 0.1) is 0 Å². The molecule has 0 aliphatic heterocycles. The predicted molar refractivity (Wildman–Crippen MR) is 92.7 cm³/mol. The Balaban J connectivity index is 1.93. The van der Waals surface area contributed by atoms with Gasteiger partial charge in [0.05, 0.1) is 11.1 Å². The molecule has 0 spiro atoms. The number of rotatable bonds is 1. The standard InChI is InChI=1S/C20H14N2O/c23-20-17-6-2-1-5-15(17)19(21-22-20)16-11-10-13-9-8-12-4-3-7-14(16)18(12)13/h1-7,10-11H,8-9H2,(H,22,23). The molecule has 0 amide bonds. The monoisotopic (exact) mass is 298 g/mol. The molecular weight excluding hydrogens is 284 g/mol. The zero-order valence-electron chi connectivity index (χ0n) is 12.5. The fourth-order valence-electron chi connectivity index (χ4n) is 3.77. The maximum Gasteiger partial charge on any atom is 0.272 e. The van der Waals surface area contributed by atoms with Gasteiger partial charge in [-0.15, -0.1) is 0 Å². The number of aromatic amines is 1. The number of hydrogen-bond donors (Lipinski definition) is 1. The molecule has 5 rings (SSSR count). The van der Waals surface area contributed by atoms with Crippen molar-refractivity contribution in [2.45, 2.75) is 12.8 Å². The lowest BCUT2D eigenvalue weighted by atomic mass is 9.96. The molecule has 1 aromatic heterocycles. The van der Waals surface area contributed by atoms with Crippen molar-refractivity contribution in [1.29, 1.82) is 0 Å². The number of nitrogens with zero attached hydrogens (tertiary/aromatic N) is 1. The minimum Gasteiger partial charge on any atom is -0.267 e. The van der Waals surface area contributed by atoms with Crippen molar-refractivity contribution in [3.63, 3.8) is 0 Å². The predicted octanol–water partition coefficient (Wildman–Crippen LogP) is 3.84. The second kappa shape index (κ2) is 4.53. The molecule has 1 aliphatic carbocycles. The van der Waals surface area contributed by atoms with Crippen LogP contribution in [0.2, 0.25) is 0 Å². The number of nitrogens with one attached hydrogen (secondary N) is 1. The molecule has 1 heterocycles. The van der Waals surface area contributed by atoms with Gasteiger partial charge in [-0.1, -0.05) is 48.5 Å². The quantitative estimate of drug-likeness (QED) is 0.580. The van der Waals surface area contributed by atoms with Gasteiger partial charge in [-0.2, -0.15) is 5.10 Å². The number of fused-ring (bicyclic) bond motifs is 1. The lowest BCUT2D eigenvalue weighted by molar-refractivity contribution is 1.02. The van der Waals surface area contributed by atoms with Crippen LogP contribution < -0.4 is 5.56 Å². The topological polar surface area (TPSA) is 45.8 Å². The molecule has 110 valence electrons. The highest BCUT2D eigenvalue weighted by atomic mass is 16.1. The van der Waals surface area contributed by atoms with Gasteiger partial charge in [-0.3, -0.25) is 4.79 Å². The van der Waals surface area contributed by atoms with Crippen LogP contribution in [-0.2, 0) is 12.8 Å². The van der Waals surface area contributed by atoms with Crippen LogP contribution in [0.4, 0.5) is 0 Å². The zero-order valence-corrected chi connectivity index (χ0v) is 12.5. The summed E-state index contributed by atoms with van der Waals surface area (Å²) in [6.45, 7) is 0. The Morgan fingerprint density at radius 2 is 1.52 bits per heavy atom. The van der Waals surface area contributed by atoms with Crippen LogP contribution in [0.1, 0.15) is 11.1 Å². The number of aryl methyl sites for hydroxylation is 2. The smallest absolute Gasteiger partial charge is 0.267 e. The summed E-state index contributed by atoms with van der Waals surface area (Å²) in [6, 6.07) is 18.5. The van der Waals surface area contributed by atoms with Crippen molar-refractivity contribution in [3.8, 4) is 11.3 Å². The Hall–Kier alpha value is -2.94. The molecule has 3 aromatic carbocycles. The molecule has 0 saturated heterocycles. The first-order chi connectivity index (χ1) is 11.3. The molecule has 0 fully saturated rings. The third-order valence-electron chi connectivity index (χ3n) is 4.83. The second-order valence-corrected chi connectivity index (χ2v) is 6.06. The molecule has 0 atom stereocenters. The largest absolute Gasteiger partial charge is 0.272 e. The Morgan fingerprint density at radius 3 is 2.39 bits per heavy atom. The highest BCUT2D eigenvalue weighted by molar-refractivity contribution is 6.06. The van der Waals surface area contributed by atoms with E-state index in [1.165, 1.54) is 21.9 Å². The minimum absolute atomic E-state index is 0.143.